The first-order chi connectivity index (χ1) is 19.2. The van der Waals surface area contributed by atoms with E-state index in [1.165, 1.54) is 11.1 Å². The summed E-state index contributed by atoms with van der Waals surface area (Å²) in [5.74, 6) is 1.51. The van der Waals surface area contributed by atoms with Gasteiger partial charge < -0.3 is 18.8 Å². The molecule has 4 heterocycles. The number of imidazole rings is 1. The maximum atomic E-state index is 13.0. The van der Waals surface area contributed by atoms with Crippen LogP contribution in [0.25, 0.3) is 11.0 Å². The predicted molar refractivity (Wildman–Crippen MR) is 152 cm³/mol. The molecule has 208 valence electrons. The third-order valence-electron chi connectivity index (χ3n) is 7.58. The van der Waals surface area contributed by atoms with Gasteiger partial charge in [-0.2, -0.15) is 0 Å². The van der Waals surface area contributed by atoms with E-state index in [0.29, 0.717) is 18.7 Å². The number of ether oxygens (including phenoxy) is 3. The van der Waals surface area contributed by atoms with Crippen molar-refractivity contribution < 1.29 is 19.0 Å². The number of hydrogen-bond donors (Lipinski definition) is 0. The largest absolute Gasteiger partial charge is 0.489 e. The molecule has 0 spiro atoms. The van der Waals surface area contributed by atoms with Gasteiger partial charge in [-0.1, -0.05) is 6.07 Å². The lowest BCUT2D eigenvalue weighted by Gasteiger charge is -2.28. The van der Waals surface area contributed by atoms with E-state index in [0.717, 1.165) is 66.3 Å². The molecular formula is C32H36N4O4. The van der Waals surface area contributed by atoms with E-state index in [1.54, 1.807) is 12.4 Å². The highest BCUT2D eigenvalue weighted by atomic mass is 16.6. The Labute approximate surface area is 234 Å². The van der Waals surface area contributed by atoms with E-state index < -0.39 is 5.60 Å². The van der Waals surface area contributed by atoms with E-state index >= 15 is 0 Å². The molecule has 0 amide bonds. The number of esters is 1. The molecule has 0 aliphatic carbocycles. The van der Waals surface area contributed by atoms with Crippen LogP contribution in [0.5, 0.6) is 5.75 Å². The fourth-order valence-electron chi connectivity index (χ4n) is 5.35. The number of hydrogen-bond acceptors (Lipinski definition) is 7. The molecule has 0 radical (unpaired) electrons. The van der Waals surface area contributed by atoms with Crippen LogP contribution >= 0.6 is 0 Å². The molecule has 1 saturated heterocycles. The van der Waals surface area contributed by atoms with Gasteiger partial charge >= 0.3 is 5.97 Å². The first-order valence-electron chi connectivity index (χ1n) is 13.9. The Kier molecular flexibility index (Phi) is 7.06. The van der Waals surface area contributed by atoms with Gasteiger partial charge in [0.15, 0.2) is 0 Å². The summed E-state index contributed by atoms with van der Waals surface area (Å²) >= 11 is 0. The molecule has 1 unspecified atom stereocenters. The smallest absolute Gasteiger partial charge is 0.338 e. The summed E-state index contributed by atoms with van der Waals surface area (Å²) in [4.78, 5) is 24.6. The molecule has 0 bridgehead atoms. The Morgan fingerprint density at radius 1 is 1.10 bits per heavy atom. The van der Waals surface area contributed by atoms with Crippen LogP contribution in [0.2, 0.25) is 0 Å². The van der Waals surface area contributed by atoms with Crippen LogP contribution in [-0.2, 0) is 42.6 Å². The number of rotatable bonds is 7. The third kappa shape index (κ3) is 5.60. The molecule has 2 aliphatic heterocycles. The maximum Gasteiger partial charge on any atom is 0.338 e. The number of aryl methyl sites for hydroxylation is 1. The molecule has 6 rings (SSSR count). The Morgan fingerprint density at radius 3 is 2.62 bits per heavy atom. The molecule has 8 heteroatoms. The number of benzene rings is 2. The molecule has 2 aliphatic rings. The lowest BCUT2D eigenvalue weighted by atomic mass is 9.99. The number of carbonyl (C=O) groups is 1. The van der Waals surface area contributed by atoms with Crippen LogP contribution < -0.4 is 4.74 Å². The van der Waals surface area contributed by atoms with Crippen LogP contribution in [0.4, 0.5) is 0 Å². The van der Waals surface area contributed by atoms with Crippen molar-refractivity contribution in [2.75, 3.05) is 13.2 Å². The third-order valence-corrected chi connectivity index (χ3v) is 7.58. The van der Waals surface area contributed by atoms with Gasteiger partial charge in [-0.05, 0) is 80.3 Å². The molecule has 8 nitrogen and oxygen atoms in total. The van der Waals surface area contributed by atoms with Gasteiger partial charge in [0.2, 0.25) is 0 Å². The summed E-state index contributed by atoms with van der Waals surface area (Å²) < 4.78 is 19.7. The second kappa shape index (κ2) is 10.7. The normalized spacial score (nSPS) is 17.4. The molecule has 0 saturated carbocycles. The average molecular weight is 541 g/mol. The van der Waals surface area contributed by atoms with Crippen molar-refractivity contribution in [1.29, 1.82) is 0 Å². The SMILES string of the molecule is Cn1c(CN2CCc3ccc(OCc4ccncc4)cc3C2)nc2c(C3CCO3)cc(C(=O)OC(C)(C)C)cc21. The number of fused-ring (bicyclic) bond motifs is 2. The number of nitrogens with zero attached hydrogens (tertiary/aromatic N) is 4. The minimum Gasteiger partial charge on any atom is -0.489 e. The molecule has 2 aromatic heterocycles. The summed E-state index contributed by atoms with van der Waals surface area (Å²) in [6, 6.07) is 14.2. The molecule has 0 N–H and O–H groups in total. The Balaban J connectivity index is 1.22. The lowest BCUT2D eigenvalue weighted by Crippen LogP contribution is -2.31. The van der Waals surface area contributed by atoms with Gasteiger partial charge in [-0.25, -0.2) is 9.78 Å². The van der Waals surface area contributed by atoms with E-state index in [9.17, 15) is 4.79 Å². The van der Waals surface area contributed by atoms with Gasteiger partial charge in [0.05, 0.1) is 35.9 Å². The Bertz CT molecular complexity index is 1540. The van der Waals surface area contributed by atoms with Gasteiger partial charge in [0.25, 0.3) is 0 Å². The summed E-state index contributed by atoms with van der Waals surface area (Å²) in [6.07, 6.45) is 5.43. The van der Waals surface area contributed by atoms with Crippen molar-refractivity contribution in [3.05, 3.63) is 88.5 Å². The molecule has 40 heavy (non-hydrogen) atoms. The van der Waals surface area contributed by atoms with Crippen molar-refractivity contribution in [3.8, 4) is 5.75 Å². The first-order valence-corrected chi connectivity index (χ1v) is 13.9. The second-order valence-electron chi connectivity index (χ2n) is 11.7. The number of carbonyl (C=O) groups excluding carboxylic acids is 1. The fraction of sp³-hybridized carbons (Fsp3) is 0.406. The first kappa shape index (κ1) is 26.5. The molecular weight excluding hydrogens is 504 g/mol. The molecule has 1 fully saturated rings. The highest BCUT2D eigenvalue weighted by molar-refractivity contribution is 5.95. The standard InChI is InChI=1S/C32H36N4O4/c1-32(2,3)40-31(37)23-16-26(28-10-14-38-28)30-27(17-23)35(4)29(34-30)19-36-13-9-22-5-6-25(15-24(22)18-36)39-20-21-7-11-33-12-8-21/h5-8,11-12,15-17,28H,9-10,13-14,18-20H2,1-4H3. The number of pyridine rings is 1. The minimum absolute atomic E-state index is 0.0416. The quantitative estimate of drug-likeness (QED) is 0.286. The zero-order valence-electron chi connectivity index (χ0n) is 23.6. The van der Waals surface area contributed by atoms with E-state index in [-0.39, 0.29) is 12.1 Å². The van der Waals surface area contributed by atoms with Crippen LogP contribution in [0.3, 0.4) is 0 Å². The lowest BCUT2D eigenvalue weighted by molar-refractivity contribution is -0.0519. The van der Waals surface area contributed by atoms with E-state index in [2.05, 4.69) is 32.7 Å². The predicted octanol–water partition coefficient (Wildman–Crippen LogP) is 5.52. The number of aromatic nitrogens is 3. The highest BCUT2D eigenvalue weighted by Crippen LogP contribution is 2.36. The van der Waals surface area contributed by atoms with Crippen molar-refractivity contribution in [3.63, 3.8) is 0 Å². The summed E-state index contributed by atoms with van der Waals surface area (Å²) in [6.45, 7) is 9.38. The fourth-order valence-corrected chi connectivity index (χ4v) is 5.35. The van der Waals surface area contributed by atoms with Gasteiger partial charge in [-0.3, -0.25) is 9.88 Å². The molecule has 1 atom stereocenters. The van der Waals surface area contributed by atoms with E-state index in [1.807, 2.05) is 52.1 Å². The Hall–Kier alpha value is -3.75. The van der Waals surface area contributed by atoms with Crippen molar-refractivity contribution >= 4 is 17.0 Å². The van der Waals surface area contributed by atoms with Crippen LogP contribution in [0.1, 0.15) is 71.7 Å². The van der Waals surface area contributed by atoms with Crippen LogP contribution in [-0.4, -0.2) is 44.2 Å². The zero-order valence-corrected chi connectivity index (χ0v) is 23.6. The van der Waals surface area contributed by atoms with Crippen LogP contribution in [0, 0.1) is 0 Å². The monoisotopic (exact) mass is 540 g/mol. The van der Waals surface area contributed by atoms with Crippen molar-refractivity contribution in [2.45, 2.75) is 65.0 Å². The van der Waals surface area contributed by atoms with Gasteiger partial charge in [0, 0.05) is 44.5 Å². The summed E-state index contributed by atoms with van der Waals surface area (Å²) in [7, 11) is 2.03. The maximum absolute atomic E-state index is 13.0. The summed E-state index contributed by atoms with van der Waals surface area (Å²) in [5.41, 5.74) is 6.51. The van der Waals surface area contributed by atoms with Crippen molar-refractivity contribution in [1.82, 2.24) is 19.4 Å². The van der Waals surface area contributed by atoms with Gasteiger partial charge in [0.1, 0.15) is 23.8 Å². The highest BCUT2D eigenvalue weighted by Gasteiger charge is 2.28. The molecule has 4 aromatic rings. The van der Waals surface area contributed by atoms with Crippen LogP contribution in [0.15, 0.2) is 54.9 Å². The molecule has 2 aromatic carbocycles. The topological polar surface area (TPSA) is 78.7 Å². The Morgan fingerprint density at radius 2 is 1.90 bits per heavy atom. The van der Waals surface area contributed by atoms with E-state index in [4.69, 9.17) is 19.2 Å². The second-order valence-corrected chi connectivity index (χ2v) is 11.7. The zero-order chi connectivity index (χ0) is 27.9. The van der Waals surface area contributed by atoms with Gasteiger partial charge in [-0.15, -0.1) is 0 Å². The minimum atomic E-state index is -0.564. The van der Waals surface area contributed by atoms with Crippen molar-refractivity contribution in [2.24, 2.45) is 7.05 Å². The summed E-state index contributed by atoms with van der Waals surface area (Å²) in [5, 5.41) is 0. The average Bonchev–Trinajstić information content (AvgIpc) is 3.21.